The van der Waals surface area contributed by atoms with Gasteiger partial charge in [-0.2, -0.15) is 0 Å². The van der Waals surface area contributed by atoms with Crippen molar-refractivity contribution in [3.63, 3.8) is 0 Å². The molecule has 0 aromatic heterocycles. The first-order chi connectivity index (χ1) is 10.1. The fraction of sp³-hybridized carbons (Fsp3) is 0.438. The quantitative estimate of drug-likeness (QED) is 0.617. The Morgan fingerprint density at radius 1 is 1.33 bits per heavy atom. The van der Waals surface area contributed by atoms with Gasteiger partial charge >= 0.3 is 0 Å². The molecule has 1 amide bonds. The van der Waals surface area contributed by atoms with Crippen molar-refractivity contribution in [1.82, 2.24) is 4.90 Å². The third kappa shape index (κ3) is 3.88. The van der Waals surface area contributed by atoms with Crippen LogP contribution in [-0.2, 0) is 4.74 Å². The smallest absolute Gasteiger partial charge is 0.259 e. The second kappa shape index (κ2) is 7.31. The van der Waals surface area contributed by atoms with Gasteiger partial charge < -0.3 is 9.64 Å². The van der Waals surface area contributed by atoms with Gasteiger partial charge in [0.1, 0.15) is 17.2 Å². The summed E-state index contributed by atoms with van der Waals surface area (Å²) >= 11 is 0. The van der Waals surface area contributed by atoms with Crippen LogP contribution >= 0.6 is 0 Å². The Bertz CT molecular complexity index is 491. The molecule has 0 bridgehead atoms. The average molecular weight is 295 g/mol. The fourth-order valence-corrected chi connectivity index (χ4v) is 2.48. The van der Waals surface area contributed by atoms with Crippen LogP contribution in [0.1, 0.15) is 23.2 Å². The molecule has 0 spiro atoms. The van der Waals surface area contributed by atoms with Crippen LogP contribution in [0.4, 0.5) is 8.78 Å². The summed E-state index contributed by atoms with van der Waals surface area (Å²) in [6, 6.07) is 3.46. The van der Waals surface area contributed by atoms with Gasteiger partial charge in [0.05, 0.1) is 6.61 Å². The highest BCUT2D eigenvalue weighted by atomic mass is 19.1. The Morgan fingerprint density at radius 3 is 2.52 bits per heavy atom. The van der Waals surface area contributed by atoms with E-state index in [2.05, 4.69) is 6.58 Å². The molecule has 0 saturated carbocycles. The van der Waals surface area contributed by atoms with Gasteiger partial charge in [0, 0.05) is 19.7 Å². The summed E-state index contributed by atoms with van der Waals surface area (Å²) in [5.74, 6) is -1.82. The van der Waals surface area contributed by atoms with Crippen molar-refractivity contribution in [2.75, 3.05) is 26.3 Å². The molecule has 1 aromatic rings. The van der Waals surface area contributed by atoms with E-state index in [0.717, 1.165) is 25.0 Å². The van der Waals surface area contributed by atoms with E-state index in [9.17, 15) is 13.6 Å². The third-order valence-corrected chi connectivity index (χ3v) is 3.67. The molecule has 2 rings (SSSR count). The molecule has 1 aliphatic heterocycles. The lowest BCUT2D eigenvalue weighted by molar-refractivity contribution is 0.0568. The Balaban J connectivity index is 1.93. The van der Waals surface area contributed by atoms with Crippen molar-refractivity contribution in [2.45, 2.75) is 12.8 Å². The molecule has 0 N–H and O–H groups in total. The van der Waals surface area contributed by atoms with Crippen molar-refractivity contribution in [3.8, 4) is 0 Å². The highest BCUT2D eigenvalue weighted by Gasteiger charge is 2.27. The van der Waals surface area contributed by atoms with E-state index < -0.39 is 23.1 Å². The number of amides is 1. The molecule has 1 fully saturated rings. The summed E-state index contributed by atoms with van der Waals surface area (Å²) in [7, 11) is 0. The number of nitrogens with zero attached hydrogens (tertiary/aromatic N) is 1. The molecule has 1 saturated heterocycles. The fourth-order valence-electron chi connectivity index (χ4n) is 2.48. The standard InChI is InChI=1S/C16H19F2NO2/c1-2-10-21-11-12-6-8-19(9-7-12)16(20)15-13(17)4-3-5-14(15)18/h2-5,12H,1,6-11H2. The molecule has 0 atom stereocenters. The normalized spacial score (nSPS) is 16.0. The summed E-state index contributed by atoms with van der Waals surface area (Å²) < 4.78 is 32.6. The van der Waals surface area contributed by atoms with E-state index in [1.165, 1.54) is 11.0 Å². The number of carbonyl (C=O) groups is 1. The largest absolute Gasteiger partial charge is 0.377 e. The number of carbonyl (C=O) groups excluding carboxylic acids is 1. The van der Waals surface area contributed by atoms with Gasteiger partial charge in [0.25, 0.3) is 5.91 Å². The first-order valence-electron chi connectivity index (χ1n) is 7.05. The molecule has 21 heavy (non-hydrogen) atoms. The van der Waals surface area contributed by atoms with Crippen molar-refractivity contribution in [1.29, 1.82) is 0 Å². The summed E-state index contributed by atoms with van der Waals surface area (Å²) in [5, 5.41) is 0. The van der Waals surface area contributed by atoms with Crippen LogP contribution in [-0.4, -0.2) is 37.1 Å². The Kier molecular flexibility index (Phi) is 5.44. The van der Waals surface area contributed by atoms with Gasteiger partial charge in [0.2, 0.25) is 0 Å². The number of hydrogen-bond donors (Lipinski definition) is 0. The van der Waals surface area contributed by atoms with E-state index in [-0.39, 0.29) is 0 Å². The Morgan fingerprint density at radius 2 is 1.95 bits per heavy atom. The molecule has 5 heteroatoms. The van der Waals surface area contributed by atoms with Crippen molar-refractivity contribution in [3.05, 3.63) is 48.1 Å². The number of hydrogen-bond acceptors (Lipinski definition) is 2. The summed E-state index contributed by atoms with van der Waals surface area (Å²) in [6.07, 6.45) is 3.25. The molecule has 114 valence electrons. The van der Waals surface area contributed by atoms with Crippen molar-refractivity contribution < 1.29 is 18.3 Å². The predicted molar refractivity (Wildman–Crippen MR) is 76.0 cm³/mol. The molecule has 0 radical (unpaired) electrons. The van der Waals surface area contributed by atoms with Gasteiger partial charge in [-0.25, -0.2) is 8.78 Å². The number of benzene rings is 1. The van der Waals surface area contributed by atoms with Gasteiger partial charge in [-0.15, -0.1) is 6.58 Å². The first kappa shape index (κ1) is 15.6. The minimum Gasteiger partial charge on any atom is -0.377 e. The van der Waals surface area contributed by atoms with E-state index in [0.29, 0.717) is 32.2 Å². The minimum absolute atomic E-state index is 0.375. The van der Waals surface area contributed by atoms with Gasteiger partial charge in [-0.1, -0.05) is 12.1 Å². The third-order valence-electron chi connectivity index (χ3n) is 3.67. The van der Waals surface area contributed by atoms with E-state index in [4.69, 9.17) is 4.74 Å². The average Bonchev–Trinajstić information content (AvgIpc) is 2.48. The van der Waals surface area contributed by atoms with Crippen LogP contribution in [0.25, 0.3) is 0 Å². The van der Waals surface area contributed by atoms with Crippen LogP contribution in [0.2, 0.25) is 0 Å². The van der Waals surface area contributed by atoms with Gasteiger partial charge in [-0.05, 0) is 30.9 Å². The van der Waals surface area contributed by atoms with Crippen LogP contribution in [0.5, 0.6) is 0 Å². The minimum atomic E-state index is -0.809. The van der Waals surface area contributed by atoms with E-state index >= 15 is 0 Å². The summed E-state index contributed by atoms with van der Waals surface area (Å²) in [6.45, 7) is 5.71. The van der Waals surface area contributed by atoms with Gasteiger partial charge in [-0.3, -0.25) is 4.79 Å². The van der Waals surface area contributed by atoms with Crippen LogP contribution in [0, 0.1) is 17.6 Å². The van der Waals surface area contributed by atoms with Gasteiger partial charge in [0.15, 0.2) is 0 Å². The molecule has 0 aliphatic carbocycles. The zero-order chi connectivity index (χ0) is 15.2. The number of halogens is 2. The zero-order valence-electron chi connectivity index (χ0n) is 11.9. The molecule has 1 aliphatic rings. The molecule has 3 nitrogen and oxygen atoms in total. The SMILES string of the molecule is C=CCOCC1CCN(C(=O)c2c(F)cccc2F)CC1. The first-order valence-corrected chi connectivity index (χ1v) is 7.05. The number of likely N-dealkylation sites (tertiary alicyclic amines) is 1. The van der Waals surface area contributed by atoms with Crippen LogP contribution in [0.3, 0.4) is 0 Å². The van der Waals surface area contributed by atoms with Crippen LogP contribution < -0.4 is 0 Å². The lowest BCUT2D eigenvalue weighted by Gasteiger charge is -2.32. The number of rotatable bonds is 5. The Labute approximate surface area is 123 Å². The second-order valence-corrected chi connectivity index (χ2v) is 5.16. The van der Waals surface area contributed by atoms with Crippen molar-refractivity contribution >= 4 is 5.91 Å². The number of ether oxygens (including phenoxy) is 1. The maximum absolute atomic E-state index is 13.6. The van der Waals surface area contributed by atoms with Crippen LogP contribution in [0.15, 0.2) is 30.9 Å². The maximum atomic E-state index is 13.6. The topological polar surface area (TPSA) is 29.5 Å². The molecule has 0 unspecified atom stereocenters. The summed E-state index contributed by atoms with van der Waals surface area (Å²) in [4.78, 5) is 13.7. The maximum Gasteiger partial charge on any atom is 0.259 e. The monoisotopic (exact) mass is 295 g/mol. The zero-order valence-corrected chi connectivity index (χ0v) is 11.9. The molecule has 1 heterocycles. The second-order valence-electron chi connectivity index (χ2n) is 5.16. The van der Waals surface area contributed by atoms with E-state index in [1.807, 2.05) is 0 Å². The predicted octanol–water partition coefficient (Wildman–Crippen LogP) is 3.02. The lowest BCUT2D eigenvalue weighted by Crippen LogP contribution is -2.40. The Hall–Kier alpha value is -1.75. The lowest BCUT2D eigenvalue weighted by atomic mass is 9.97. The van der Waals surface area contributed by atoms with E-state index in [1.54, 1.807) is 6.08 Å². The highest BCUT2D eigenvalue weighted by Crippen LogP contribution is 2.21. The molecular formula is C16H19F2NO2. The number of piperidine rings is 1. The highest BCUT2D eigenvalue weighted by molar-refractivity contribution is 5.94. The molecule has 1 aromatic carbocycles. The molecular weight excluding hydrogens is 276 g/mol. The van der Waals surface area contributed by atoms with Crippen molar-refractivity contribution in [2.24, 2.45) is 5.92 Å². The summed E-state index contributed by atoms with van der Waals surface area (Å²) in [5.41, 5.74) is -0.459.